The Morgan fingerprint density at radius 1 is 1.67 bits per heavy atom. The van der Waals surface area contributed by atoms with E-state index in [0.29, 0.717) is 12.1 Å². The third-order valence-corrected chi connectivity index (χ3v) is 4.11. The summed E-state index contributed by atoms with van der Waals surface area (Å²) in [6.45, 7) is 5.38. The standard InChI is InChI=1S/C11H18N2OS/c1-11(2)9(4-10(11)14-3)12-5-8-6-15-7-13-8/h6-7,9-10,12H,4-5H2,1-3H3. The molecular formula is C11H18N2OS. The maximum Gasteiger partial charge on any atom is 0.0795 e. The Bertz CT molecular complexity index is 310. The molecule has 15 heavy (non-hydrogen) atoms. The molecule has 4 heteroatoms. The highest BCUT2D eigenvalue weighted by atomic mass is 32.1. The summed E-state index contributed by atoms with van der Waals surface area (Å²) in [5, 5.41) is 5.63. The zero-order chi connectivity index (χ0) is 10.9. The largest absolute Gasteiger partial charge is 0.381 e. The molecule has 2 rings (SSSR count). The maximum atomic E-state index is 5.42. The van der Waals surface area contributed by atoms with Crippen molar-refractivity contribution in [3.05, 3.63) is 16.6 Å². The van der Waals surface area contributed by atoms with Crippen molar-refractivity contribution in [1.82, 2.24) is 10.3 Å². The molecule has 1 aliphatic carbocycles. The third-order valence-electron chi connectivity index (χ3n) is 3.48. The maximum absolute atomic E-state index is 5.42. The molecule has 1 aliphatic rings. The van der Waals surface area contributed by atoms with Crippen molar-refractivity contribution in [2.75, 3.05) is 7.11 Å². The molecule has 1 aromatic rings. The zero-order valence-corrected chi connectivity index (χ0v) is 10.3. The topological polar surface area (TPSA) is 34.1 Å². The van der Waals surface area contributed by atoms with Crippen LogP contribution < -0.4 is 5.32 Å². The van der Waals surface area contributed by atoms with Crippen molar-refractivity contribution < 1.29 is 4.74 Å². The molecule has 1 aromatic heterocycles. The Hall–Kier alpha value is -0.450. The van der Waals surface area contributed by atoms with Gasteiger partial charge in [-0.25, -0.2) is 4.98 Å². The van der Waals surface area contributed by atoms with Crippen molar-refractivity contribution in [2.24, 2.45) is 5.41 Å². The molecule has 0 spiro atoms. The van der Waals surface area contributed by atoms with Crippen LogP contribution in [0.2, 0.25) is 0 Å². The highest BCUT2D eigenvalue weighted by Crippen LogP contribution is 2.42. The fourth-order valence-electron chi connectivity index (χ4n) is 2.18. The van der Waals surface area contributed by atoms with E-state index >= 15 is 0 Å². The fraction of sp³-hybridized carbons (Fsp3) is 0.727. The average molecular weight is 226 g/mol. The van der Waals surface area contributed by atoms with Crippen LogP contribution in [0.3, 0.4) is 0 Å². The second-order valence-corrected chi connectivity index (χ2v) is 5.41. The number of aromatic nitrogens is 1. The minimum atomic E-state index is 0.241. The molecule has 0 aromatic carbocycles. The predicted octanol–water partition coefficient (Wildman–Crippen LogP) is 2.05. The molecule has 1 N–H and O–H groups in total. The molecule has 1 heterocycles. The SMILES string of the molecule is COC1CC(NCc2cscn2)C1(C)C. The van der Waals surface area contributed by atoms with Crippen molar-refractivity contribution in [3.63, 3.8) is 0 Å². The second kappa shape index (κ2) is 4.20. The number of hydrogen-bond acceptors (Lipinski definition) is 4. The molecule has 2 atom stereocenters. The van der Waals surface area contributed by atoms with E-state index in [1.54, 1.807) is 18.4 Å². The van der Waals surface area contributed by atoms with Gasteiger partial charge in [0.05, 0.1) is 17.3 Å². The fourth-order valence-corrected chi connectivity index (χ4v) is 2.74. The minimum Gasteiger partial charge on any atom is -0.381 e. The molecular weight excluding hydrogens is 208 g/mol. The lowest BCUT2D eigenvalue weighted by Gasteiger charge is -2.51. The summed E-state index contributed by atoms with van der Waals surface area (Å²) >= 11 is 1.65. The first-order valence-corrected chi connectivity index (χ1v) is 6.22. The van der Waals surface area contributed by atoms with Gasteiger partial charge < -0.3 is 10.1 Å². The van der Waals surface area contributed by atoms with Gasteiger partial charge >= 0.3 is 0 Å². The number of nitrogens with zero attached hydrogens (tertiary/aromatic N) is 1. The molecule has 0 radical (unpaired) electrons. The van der Waals surface area contributed by atoms with Gasteiger partial charge in [-0.3, -0.25) is 0 Å². The Labute approximate surface area is 94.9 Å². The molecule has 84 valence electrons. The monoisotopic (exact) mass is 226 g/mol. The molecule has 1 saturated carbocycles. The normalized spacial score (nSPS) is 28.7. The van der Waals surface area contributed by atoms with Gasteiger partial charge in [0.1, 0.15) is 0 Å². The van der Waals surface area contributed by atoms with E-state index in [4.69, 9.17) is 4.74 Å². The lowest BCUT2D eigenvalue weighted by atomic mass is 9.64. The molecule has 0 amide bonds. The summed E-state index contributed by atoms with van der Waals surface area (Å²) in [6, 6.07) is 0.546. The molecule has 0 aliphatic heterocycles. The van der Waals surface area contributed by atoms with Crippen LogP contribution in [0.25, 0.3) is 0 Å². The van der Waals surface area contributed by atoms with Crippen LogP contribution in [-0.4, -0.2) is 24.2 Å². The second-order valence-electron chi connectivity index (χ2n) is 4.69. The van der Waals surface area contributed by atoms with Crippen LogP contribution in [0.4, 0.5) is 0 Å². The van der Waals surface area contributed by atoms with Crippen molar-refractivity contribution in [3.8, 4) is 0 Å². The quantitative estimate of drug-likeness (QED) is 0.853. The lowest BCUT2D eigenvalue weighted by molar-refractivity contribution is -0.0979. The van der Waals surface area contributed by atoms with Crippen molar-refractivity contribution in [1.29, 1.82) is 0 Å². The van der Waals surface area contributed by atoms with Crippen LogP contribution in [0.5, 0.6) is 0 Å². The number of ether oxygens (including phenoxy) is 1. The van der Waals surface area contributed by atoms with Gasteiger partial charge in [0, 0.05) is 30.5 Å². The number of rotatable bonds is 4. The highest BCUT2D eigenvalue weighted by molar-refractivity contribution is 7.07. The van der Waals surface area contributed by atoms with Crippen molar-refractivity contribution >= 4 is 11.3 Å². The van der Waals surface area contributed by atoms with Crippen LogP contribution in [-0.2, 0) is 11.3 Å². The Kier molecular flexibility index (Phi) is 3.09. The van der Waals surface area contributed by atoms with Gasteiger partial charge in [-0.1, -0.05) is 13.8 Å². The van der Waals surface area contributed by atoms with E-state index in [0.717, 1.165) is 18.7 Å². The Balaban J connectivity index is 1.83. The van der Waals surface area contributed by atoms with Gasteiger partial charge in [-0.15, -0.1) is 11.3 Å². The molecule has 0 bridgehead atoms. The van der Waals surface area contributed by atoms with Gasteiger partial charge in [-0.05, 0) is 6.42 Å². The van der Waals surface area contributed by atoms with Gasteiger partial charge in [0.25, 0.3) is 0 Å². The minimum absolute atomic E-state index is 0.241. The summed E-state index contributed by atoms with van der Waals surface area (Å²) < 4.78 is 5.42. The summed E-state index contributed by atoms with van der Waals surface area (Å²) in [5.41, 5.74) is 3.25. The molecule has 1 fully saturated rings. The number of thiazole rings is 1. The average Bonchev–Trinajstić information content (AvgIpc) is 2.69. The lowest BCUT2D eigenvalue weighted by Crippen LogP contribution is -2.60. The summed E-state index contributed by atoms with van der Waals surface area (Å²) in [4.78, 5) is 4.26. The molecule has 3 nitrogen and oxygen atoms in total. The number of nitrogens with one attached hydrogen (secondary N) is 1. The smallest absolute Gasteiger partial charge is 0.0795 e. The van der Waals surface area contributed by atoms with Crippen LogP contribution in [0, 0.1) is 5.41 Å². The van der Waals surface area contributed by atoms with E-state index in [1.807, 2.05) is 5.51 Å². The molecule has 0 saturated heterocycles. The van der Waals surface area contributed by atoms with E-state index in [1.165, 1.54) is 0 Å². The zero-order valence-electron chi connectivity index (χ0n) is 9.49. The Morgan fingerprint density at radius 3 is 3.00 bits per heavy atom. The van der Waals surface area contributed by atoms with Crippen molar-refractivity contribution in [2.45, 2.75) is 39.0 Å². The van der Waals surface area contributed by atoms with Crippen LogP contribution in [0.1, 0.15) is 26.0 Å². The first-order valence-electron chi connectivity index (χ1n) is 5.28. The summed E-state index contributed by atoms with van der Waals surface area (Å²) in [7, 11) is 1.79. The van der Waals surface area contributed by atoms with Crippen LogP contribution >= 0.6 is 11.3 Å². The van der Waals surface area contributed by atoms with Gasteiger partial charge in [0.15, 0.2) is 0 Å². The Morgan fingerprint density at radius 2 is 2.47 bits per heavy atom. The molecule has 2 unspecified atom stereocenters. The van der Waals surface area contributed by atoms with Crippen LogP contribution in [0.15, 0.2) is 10.9 Å². The first-order chi connectivity index (χ1) is 7.14. The predicted molar refractivity (Wildman–Crippen MR) is 61.9 cm³/mol. The number of methoxy groups -OCH3 is 1. The summed E-state index contributed by atoms with van der Waals surface area (Å²) in [5.74, 6) is 0. The van der Waals surface area contributed by atoms with E-state index in [9.17, 15) is 0 Å². The third kappa shape index (κ3) is 2.07. The van der Waals surface area contributed by atoms with E-state index in [2.05, 4.69) is 29.5 Å². The summed E-state index contributed by atoms with van der Waals surface area (Å²) in [6.07, 6.45) is 1.50. The highest BCUT2D eigenvalue weighted by Gasteiger charge is 2.48. The number of hydrogen-bond donors (Lipinski definition) is 1. The van der Waals surface area contributed by atoms with E-state index < -0.39 is 0 Å². The van der Waals surface area contributed by atoms with Gasteiger partial charge in [0.2, 0.25) is 0 Å². The first kappa shape index (κ1) is 11.0. The van der Waals surface area contributed by atoms with Gasteiger partial charge in [-0.2, -0.15) is 0 Å². The van der Waals surface area contributed by atoms with E-state index in [-0.39, 0.29) is 5.41 Å².